The van der Waals surface area contributed by atoms with E-state index in [1.807, 2.05) is 115 Å². The number of nitrogens with zero attached hydrogens (tertiary/aromatic N) is 1. The second kappa shape index (κ2) is 18.2. The van der Waals surface area contributed by atoms with Crippen molar-refractivity contribution < 1.29 is 37.5 Å². The Bertz CT molecular complexity index is 1980. The van der Waals surface area contributed by atoms with Gasteiger partial charge in [0, 0.05) is 29.6 Å². The average Bonchev–Trinajstić information content (AvgIpc) is 3.45. The molecule has 2 atom stereocenters. The summed E-state index contributed by atoms with van der Waals surface area (Å²) in [6.45, 7) is 1.07. The van der Waals surface area contributed by atoms with Crippen molar-refractivity contribution in [2.75, 3.05) is 6.54 Å². The molecule has 0 saturated carbocycles. The van der Waals surface area contributed by atoms with E-state index >= 15 is 0 Å². The molecular formula is C41H42F3N5O5. The number of halogens is 3. The van der Waals surface area contributed by atoms with Gasteiger partial charge in [-0.15, -0.1) is 0 Å². The van der Waals surface area contributed by atoms with Crippen molar-refractivity contribution >= 4 is 34.6 Å². The number of benzene rings is 4. The number of carbonyl (C=O) groups is 4. The molecule has 3 amide bonds. The molecule has 10 nitrogen and oxygen atoms in total. The summed E-state index contributed by atoms with van der Waals surface area (Å²) >= 11 is 0. The maximum absolute atomic E-state index is 14.6. The number of hydrogen-bond acceptors (Lipinski definition) is 5. The van der Waals surface area contributed by atoms with Gasteiger partial charge in [-0.05, 0) is 54.1 Å². The Morgan fingerprint density at radius 1 is 0.833 bits per heavy atom. The van der Waals surface area contributed by atoms with E-state index < -0.39 is 30.1 Å². The van der Waals surface area contributed by atoms with E-state index in [0.29, 0.717) is 32.4 Å². The quantitative estimate of drug-likeness (QED) is 0.102. The highest BCUT2D eigenvalue weighted by molar-refractivity contribution is 5.96. The lowest BCUT2D eigenvalue weighted by Crippen LogP contribution is -2.55. The Labute approximate surface area is 310 Å². The van der Waals surface area contributed by atoms with Gasteiger partial charge in [-0.1, -0.05) is 109 Å². The molecule has 0 spiro atoms. The van der Waals surface area contributed by atoms with E-state index in [0.717, 1.165) is 45.3 Å². The summed E-state index contributed by atoms with van der Waals surface area (Å²) < 4.78 is 31.7. The van der Waals surface area contributed by atoms with Crippen LogP contribution in [0.25, 0.3) is 10.9 Å². The molecule has 6 N–H and O–H groups in total. The third kappa shape index (κ3) is 9.92. The van der Waals surface area contributed by atoms with Crippen LogP contribution in [-0.2, 0) is 38.7 Å². The molecule has 4 aromatic carbocycles. The van der Waals surface area contributed by atoms with Crippen LogP contribution in [0.3, 0.4) is 0 Å². The maximum atomic E-state index is 14.6. The topological polar surface area (TPSA) is 158 Å². The van der Waals surface area contributed by atoms with Crippen LogP contribution >= 0.6 is 0 Å². The van der Waals surface area contributed by atoms with Crippen LogP contribution in [0.2, 0.25) is 0 Å². The van der Waals surface area contributed by atoms with Gasteiger partial charge < -0.3 is 31.4 Å². The lowest BCUT2D eigenvalue weighted by atomic mass is 9.90. The largest absolute Gasteiger partial charge is 0.490 e. The smallest absolute Gasteiger partial charge is 0.475 e. The predicted molar refractivity (Wildman–Crippen MR) is 198 cm³/mol. The van der Waals surface area contributed by atoms with E-state index in [1.165, 1.54) is 0 Å². The average molecular weight is 742 g/mol. The summed E-state index contributed by atoms with van der Waals surface area (Å²) in [5, 5.41) is 14.4. The molecule has 0 saturated heterocycles. The first-order valence-electron chi connectivity index (χ1n) is 17.6. The first-order valence-corrected chi connectivity index (χ1v) is 17.6. The Balaban J connectivity index is 0.000000730. The number of rotatable bonds is 12. The minimum absolute atomic E-state index is 0.224. The highest BCUT2D eigenvalue weighted by Gasteiger charge is 2.40. The number of carbonyl (C=O) groups excluding carboxylic acids is 3. The normalized spacial score (nSPS) is 14.7. The summed E-state index contributed by atoms with van der Waals surface area (Å²) in [7, 11) is 0. The molecule has 54 heavy (non-hydrogen) atoms. The van der Waals surface area contributed by atoms with E-state index in [9.17, 15) is 27.6 Å². The molecule has 282 valence electrons. The molecule has 0 unspecified atom stereocenters. The number of aromatic nitrogens is 1. The Hall–Kier alpha value is -5.95. The number of nitrogens with two attached hydrogens (primary N) is 1. The number of nitrogens with one attached hydrogen (secondary N) is 3. The highest BCUT2D eigenvalue weighted by Crippen LogP contribution is 2.31. The van der Waals surface area contributed by atoms with Gasteiger partial charge in [0.1, 0.15) is 12.1 Å². The van der Waals surface area contributed by atoms with Gasteiger partial charge in [0.05, 0.1) is 12.5 Å². The number of carboxylic acids is 1. The minimum Gasteiger partial charge on any atom is -0.475 e. The van der Waals surface area contributed by atoms with Gasteiger partial charge in [-0.3, -0.25) is 14.4 Å². The summed E-state index contributed by atoms with van der Waals surface area (Å²) in [4.78, 5) is 56.9. The molecule has 13 heteroatoms. The third-order valence-corrected chi connectivity index (χ3v) is 9.23. The van der Waals surface area contributed by atoms with E-state index in [4.69, 9.17) is 15.6 Å². The summed E-state index contributed by atoms with van der Waals surface area (Å²) in [5.74, 6) is -4.14. The fraction of sp³-hybridized carbons (Fsp3) is 0.268. The summed E-state index contributed by atoms with van der Waals surface area (Å²) in [6, 6.07) is 35.3. The standard InChI is InChI=1S/C39H41N5O3.C2HF3O2/c40-23-13-12-22-35(37(45)41-25-27-14-4-1-5-15-27)44-26-34-31(30-20-10-11-21-32(30)42-34)24-33(39(44)47)43-38(46)36(28-16-6-2-7-17-28)29-18-8-3-9-19-29;3-2(4,5)1(6)7/h1-11,14-21,33,35-36,42H,12-13,22-26,40H2,(H,41,45)(H,43,46);(H,6,7)/t33-,35+;/m1./s1. The van der Waals surface area contributed by atoms with Crippen molar-refractivity contribution in [3.05, 3.63) is 143 Å². The van der Waals surface area contributed by atoms with E-state index in [2.05, 4.69) is 15.6 Å². The first kappa shape index (κ1) is 39.3. The molecule has 6 rings (SSSR count). The van der Waals surface area contributed by atoms with Gasteiger partial charge in [0.2, 0.25) is 17.7 Å². The van der Waals surface area contributed by atoms with Gasteiger partial charge in [0.25, 0.3) is 0 Å². The number of aromatic amines is 1. The fourth-order valence-corrected chi connectivity index (χ4v) is 6.59. The molecule has 2 heterocycles. The molecule has 1 aromatic heterocycles. The molecule has 0 bridgehead atoms. The molecular weight excluding hydrogens is 699 g/mol. The highest BCUT2D eigenvalue weighted by atomic mass is 19.4. The number of carboxylic acid groups (broad SMARTS) is 1. The second-order valence-corrected chi connectivity index (χ2v) is 12.9. The van der Waals surface area contributed by atoms with Crippen molar-refractivity contribution in [2.45, 2.75) is 63.0 Å². The number of para-hydroxylation sites is 1. The Kier molecular flexibility index (Phi) is 13.2. The monoisotopic (exact) mass is 741 g/mol. The van der Waals surface area contributed by atoms with Crippen molar-refractivity contribution in [2.24, 2.45) is 5.73 Å². The Morgan fingerprint density at radius 3 is 1.96 bits per heavy atom. The first-order chi connectivity index (χ1) is 26.0. The van der Waals surface area contributed by atoms with E-state index in [1.54, 1.807) is 4.90 Å². The van der Waals surface area contributed by atoms with Crippen LogP contribution in [0.5, 0.6) is 0 Å². The SMILES string of the molecule is NCCCC[C@@H](C(=O)NCc1ccccc1)N1Cc2[nH]c3ccccc3c2C[C@@H](NC(=O)C(c2ccccc2)c2ccccc2)C1=O.O=C(O)C(F)(F)F. The number of hydrogen-bond donors (Lipinski definition) is 5. The summed E-state index contributed by atoms with van der Waals surface area (Å²) in [5.41, 5.74) is 11.3. The zero-order valence-electron chi connectivity index (χ0n) is 29.4. The van der Waals surface area contributed by atoms with Gasteiger partial charge in [0.15, 0.2) is 0 Å². The van der Waals surface area contributed by atoms with Gasteiger partial charge >= 0.3 is 12.1 Å². The van der Waals surface area contributed by atoms with Crippen LogP contribution in [0.15, 0.2) is 115 Å². The number of fused-ring (bicyclic) bond motifs is 3. The number of aliphatic carboxylic acids is 1. The van der Waals surface area contributed by atoms with Gasteiger partial charge in [-0.2, -0.15) is 13.2 Å². The molecule has 1 aliphatic heterocycles. The molecule has 0 fully saturated rings. The fourth-order valence-electron chi connectivity index (χ4n) is 6.59. The van der Waals surface area contributed by atoms with Crippen LogP contribution in [0.1, 0.15) is 53.1 Å². The summed E-state index contributed by atoms with van der Waals surface area (Å²) in [6.07, 6.45) is -2.91. The molecule has 0 radical (unpaired) electrons. The lowest BCUT2D eigenvalue weighted by Gasteiger charge is -2.33. The predicted octanol–water partition coefficient (Wildman–Crippen LogP) is 5.82. The van der Waals surface area contributed by atoms with E-state index in [-0.39, 0.29) is 24.3 Å². The zero-order valence-corrected chi connectivity index (χ0v) is 29.4. The van der Waals surface area contributed by atoms with Gasteiger partial charge in [-0.25, -0.2) is 4.79 Å². The number of H-pyrrole nitrogens is 1. The van der Waals surface area contributed by atoms with Crippen LogP contribution < -0.4 is 16.4 Å². The second-order valence-electron chi connectivity index (χ2n) is 12.9. The molecule has 1 aliphatic rings. The lowest BCUT2D eigenvalue weighted by molar-refractivity contribution is -0.192. The van der Waals surface area contributed by atoms with Crippen LogP contribution in [-0.4, -0.2) is 63.5 Å². The van der Waals surface area contributed by atoms with Crippen LogP contribution in [0, 0.1) is 0 Å². The molecule has 5 aromatic rings. The van der Waals surface area contributed by atoms with Crippen molar-refractivity contribution in [1.82, 2.24) is 20.5 Å². The minimum atomic E-state index is -5.08. The van der Waals surface area contributed by atoms with Crippen molar-refractivity contribution in [3.8, 4) is 0 Å². The third-order valence-electron chi connectivity index (χ3n) is 9.23. The van der Waals surface area contributed by atoms with Crippen molar-refractivity contribution in [3.63, 3.8) is 0 Å². The maximum Gasteiger partial charge on any atom is 0.490 e. The number of unbranched alkanes of at least 4 members (excludes halogenated alkanes) is 1. The number of amides is 3. The molecule has 0 aliphatic carbocycles. The van der Waals surface area contributed by atoms with Crippen LogP contribution in [0.4, 0.5) is 13.2 Å². The Morgan fingerprint density at radius 2 is 1.39 bits per heavy atom. The zero-order chi connectivity index (χ0) is 38.7. The number of alkyl halides is 3. The van der Waals surface area contributed by atoms with Crippen molar-refractivity contribution in [1.29, 1.82) is 0 Å².